The van der Waals surface area contributed by atoms with E-state index in [1.807, 2.05) is 6.92 Å². The van der Waals surface area contributed by atoms with Crippen LogP contribution in [0.1, 0.15) is 26.2 Å². The highest BCUT2D eigenvalue weighted by Crippen LogP contribution is 2.26. The smallest absolute Gasteiger partial charge is 0.326 e. The summed E-state index contributed by atoms with van der Waals surface area (Å²) in [5.74, 6) is -0.509. The van der Waals surface area contributed by atoms with E-state index in [1.165, 1.54) is 18.3 Å². The first kappa shape index (κ1) is 15.7. The van der Waals surface area contributed by atoms with Gasteiger partial charge in [0.05, 0.1) is 4.92 Å². The van der Waals surface area contributed by atoms with Crippen LogP contribution in [-0.2, 0) is 4.79 Å². The predicted octanol–water partition coefficient (Wildman–Crippen LogP) is 3.20. The molecule has 0 spiro atoms. The summed E-state index contributed by atoms with van der Waals surface area (Å²) >= 11 is 0. The van der Waals surface area contributed by atoms with Gasteiger partial charge in [-0.2, -0.15) is 0 Å². The molecule has 2 aromatic rings. The van der Waals surface area contributed by atoms with Crippen LogP contribution in [0.4, 0.5) is 11.5 Å². The number of nitro groups is 1. The van der Waals surface area contributed by atoms with Gasteiger partial charge in [-0.3, -0.25) is 10.1 Å². The third-order valence-corrected chi connectivity index (χ3v) is 3.41. The van der Waals surface area contributed by atoms with Gasteiger partial charge in [-0.15, -0.1) is 0 Å². The number of anilines is 1. The van der Waals surface area contributed by atoms with Crippen molar-refractivity contribution in [1.29, 1.82) is 0 Å². The highest BCUT2D eigenvalue weighted by atomic mass is 16.6. The number of non-ortho nitro benzene ring substituents is 1. The monoisotopic (exact) mass is 303 g/mol. The molecule has 116 valence electrons. The number of carboxylic acids is 1. The molecule has 0 amide bonds. The van der Waals surface area contributed by atoms with Crippen molar-refractivity contribution < 1.29 is 14.8 Å². The van der Waals surface area contributed by atoms with Gasteiger partial charge in [-0.25, -0.2) is 9.78 Å². The van der Waals surface area contributed by atoms with E-state index in [1.54, 1.807) is 12.1 Å². The van der Waals surface area contributed by atoms with Crippen molar-refractivity contribution in [2.75, 3.05) is 5.32 Å². The number of benzene rings is 1. The second-order valence-corrected chi connectivity index (χ2v) is 5.00. The lowest BCUT2D eigenvalue weighted by molar-refractivity contribution is -0.384. The van der Waals surface area contributed by atoms with E-state index in [-0.39, 0.29) is 5.69 Å². The lowest BCUT2D eigenvalue weighted by atomic mass is 10.1. The van der Waals surface area contributed by atoms with Gasteiger partial charge in [0, 0.05) is 23.7 Å². The molecule has 1 unspecified atom stereocenters. The minimum Gasteiger partial charge on any atom is -0.480 e. The first-order chi connectivity index (χ1) is 10.5. The largest absolute Gasteiger partial charge is 0.480 e. The molecule has 0 saturated heterocycles. The Kier molecular flexibility index (Phi) is 4.88. The SMILES string of the molecule is CCCCC(Nc1nccc2cc([N+](=O)[O-])ccc12)C(=O)O. The van der Waals surface area contributed by atoms with Crippen molar-refractivity contribution in [2.24, 2.45) is 0 Å². The minimum absolute atomic E-state index is 0.00887. The summed E-state index contributed by atoms with van der Waals surface area (Å²) in [7, 11) is 0. The molecular weight excluding hydrogens is 286 g/mol. The number of nitro benzene ring substituents is 1. The summed E-state index contributed by atoms with van der Waals surface area (Å²) in [6, 6.07) is 5.35. The van der Waals surface area contributed by atoms with E-state index in [9.17, 15) is 20.0 Å². The maximum absolute atomic E-state index is 11.3. The molecule has 2 N–H and O–H groups in total. The standard InChI is InChI=1S/C15H17N3O4/c1-2-3-4-13(15(19)20)17-14-12-6-5-11(18(21)22)9-10(12)7-8-16-14/h5-9,13H,2-4H2,1H3,(H,16,17)(H,19,20). The van der Waals surface area contributed by atoms with E-state index in [4.69, 9.17) is 0 Å². The Morgan fingerprint density at radius 1 is 1.45 bits per heavy atom. The first-order valence-electron chi connectivity index (χ1n) is 7.05. The summed E-state index contributed by atoms with van der Waals surface area (Å²) in [4.78, 5) is 25.8. The number of carboxylic acid groups (broad SMARTS) is 1. The van der Waals surface area contributed by atoms with E-state index in [2.05, 4.69) is 10.3 Å². The zero-order valence-corrected chi connectivity index (χ0v) is 12.2. The summed E-state index contributed by atoms with van der Waals surface area (Å²) in [5.41, 5.74) is -0.00887. The molecule has 0 radical (unpaired) electrons. The van der Waals surface area contributed by atoms with Gasteiger partial charge in [-0.05, 0) is 23.9 Å². The number of hydrogen-bond donors (Lipinski definition) is 2. The van der Waals surface area contributed by atoms with Crippen LogP contribution in [0.3, 0.4) is 0 Å². The second-order valence-electron chi connectivity index (χ2n) is 5.00. The average Bonchev–Trinajstić information content (AvgIpc) is 2.50. The topological polar surface area (TPSA) is 105 Å². The highest BCUT2D eigenvalue weighted by molar-refractivity contribution is 5.94. The van der Waals surface area contributed by atoms with Crippen molar-refractivity contribution >= 4 is 28.2 Å². The van der Waals surface area contributed by atoms with Gasteiger partial charge in [0.1, 0.15) is 11.9 Å². The molecule has 0 saturated carbocycles. The van der Waals surface area contributed by atoms with Crippen LogP contribution in [0.2, 0.25) is 0 Å². The van der Waals surface area contributed by atoms with Crippen LogP contribution in [0.25, 0.3) is 10.8 Å². The van der Waals surface area contributed by atoms with Crippen molar-refractivity contribution in [3.8, 4) is 0 Å². The van der Waals surface area contributed by atoms with Gasteiger partial charge in [0.15, 0.2) is 0 Å². The highest BCUT2D eigenvalue weighted by Gasteiger charge is 2.18. The van der Waals surface area contributed by atoms with Crippen LogP contribution < -0.4 is 5.32 Å². The molecular formula is C15H17N3O4. The fraction of sp³-hybridized carbons (Fsp3) is 0.333. The van der Waals surface area contributed by atoms with Crippen molar-refractivity contribution in [3.05, 3.63) is 40.6 Å². The summed E-state index contributed by atoms with van der Waals surface area (Å²) in [5, 5.41) is 24.3. The third kappa shape index (κ3) is 3.49. The minimum atomic E-state index is -0.936. The maximum Gasteiger partial charge on any atom is 0.326 e. The Bertz CT molecular complexity index is 702. The number of pyridine rings is 1. The van der Waals surface area contributed by atoms with Crippen LogP contribution in [0.5, 0.6) is 0 Å². The van der Waals surface area contributed by atoms with Crippen molar-refractivity contribution in [2.45, 2.75) is 32.2 Å². The summed E-state index contributed by atoms with van der Waals surface area (Å²) < 4.78 is 0. The Morgan fingerprint density at radius 3 is 2.86 bits per heavy atom. The number of nitrogens with one attached hydrogen (secondary N) is 1. The molecule has 0 aliphatic rings. The van der Waals surface area contributed by atoms with Crippen LogP contribution in [-0.4, -0.2) is 27.0 Å². The fourth-order valence-electron chi connectivity index (χ4n) is 2.22. The fourth-order valence-corrected chi connectivity index (χ4v) is 2.22. The van der Waals surface area contributed by atoms with Crippen molar-refractivity contribution in [3.63, 3.8) is 0 Å². The van der Waals surface area contributed by atoms with Crippen LogP contribution in [0.15, 0.2) is 30.5 Å². The second kappa shape index (κ2) is 6.84. The number of rotatable bonds is 7. The van der Waals surface area contributed by atoms with Gasteiger partial charge in [0.2, 0.25) is 0 Å². The maximum atomic E-state index is 11.3. The first-order valence-corrected chi connectivity index (χ1v) is 7.05. The third-order valence-electron chi connectivity index (χ3n) is 3.41. The number of fused-ring (bicyclic) bond motifs is 1. The van der Waals surface area contributed by atoms with E-state index in [0.29, 0.717) is 23.0 Å². The van der Waals surface area contributed by atoms with Crippen molar-refractivity contribution in [1.82, 2.24) is 4.98 Å². The molecule has 0 bridgehead atoms. The summed E-state index contributed by atoms with van der Waals surface area (Å²) in [6.07, 6.45) is 3.70. The number of hydrogen-bond acceptors (Lipinski definition) is 5. The van der Waals surface area contributed by atoms with Gasteiger partial charge < -0.3 is 10.4 Å². The van der Waals surface area contributed by atoms with E-state index >= 15 is 0 Å². The zero-order chi connectivity index (χ0) is 16.1. The average molecular weight is 303 g/mol. The molecule has 1 aromatic heterocycles. The Hall–Kier alpha value is -2.70. The van der Waals surface area contributed by atoms with E-state index < -0.39 is 16.9 Å². The van der Waals surface area contributed by atoms with Gasteiger partial charge in [-0.1, -0.05) is 19.8 Å². The van der Waals surface area contributed by atoms with Crippen LogP contribution in [0, 0.1) is 10.1 Å². The molecule has 0 aliphatic heterocycles. The number of aliphatic carboxylic acids is 1. The molecule has 7 heteroatoms. The quantitative estimate of drug-likeness (QED) is 0.601. The number of nitrogens with zero attached hydrogens (tertiary/aromatic N) is 2. The molecule has 0 fully saturated rings. The summed E-state index contributed by atoms with van der Waals surface area (Å²) in [6.45, 7) is 1.99. The normalized spacial score (nSPS) is 12.0. The molecule has 22 heavy (non-hydrogen) atoms. The number of aromatic nitrogens is 1. The van der Waals surface area contributed by atoms with Gasteiger partial charge >= 0.3 is 5.97 Å². The van der Waals surface area contributed by atoms with Crippen LogP contribution >= 0.6 is 0 Å². The number of unbranched alkanes of at least 4 members (excludes halogenated alkanes) is 1. The Labute approximate surface area is 127 Å². The zero-order valence-electron chi connectivity index (χ0n) is 12.2. The van der Waals surface area contributed by atoms with E-state index in [0.717, 1.165) is 12.8 Å². The Morgan fingerprint density at radius 2 is 2.23 bits per heavy atom. The molecule has 0 aliphatic carbocycles. The number of carbonyl (C=O) groups is 1. The molecule has 2 rings (SSSR count). The lowest BCUT2D eigenvalue weighted by Gasteiger charge is -2.16. The predicted molar refractivity (Wildman–Crippen MR) is 83.0 cm³/mol. The molecule has 1 atom stereocenters. The Balaban J connectivity index is 2.34. The van der Waals surface area contributed by atoms with Gasteiger partial charge in [0.25, 0.3) is 5.69 Å². The molecule has 1 heterocycles. The molecule has 7 nitrogen and oxygen atoms in total. The lowest BCUT2D eigenvalue weighted by Crippen LogP contribution is -2.29. The molecule has 1 aromatic carbocycles.